The van der Waals surface area contributed by atoms with Crippen LogP contribution in [0.25, 0.3) is 0 Å². The van der Waals surface area contributed by atoms with Crippen LogP contribution in [0.15, 0.2) is 48.6 Å². The summed E-state index contributed by atoms with van der Waals surface area (Å²) in [6.07, 6.45) is 8.15. The molecular weight excluding hydrogens is 655 g/mol. The number of benzene rings is 2. The van der Waals surface area contributed by atoms with Crippen LogP contribution in [0, 0.1) is 11.8 Å². The first-order chi connectivity index (χ1) is 23.1. The largest absolute Gasteiger partial charge is 0.491 e. The number of carbonyl (C=O) groups is 2. The Morgan fingerprint density at radius 3 is 2.62 bits per heavy atom. The average Bonchev–Trinajstić information content (AvgIpc) is 3.23. The summed E-state index contributed by atoms with van der Waals surface area (Å²) in [6, 6.07) is 11.8. The van der Waals surface area contributed by atoms with Gasteiger partial charge in [-0.3, -0.25) is 14.3 Å². The predicted molar refractivity (Wildman–Crippen MR) is 190 cm³/mol. The minimum atomic E-state index is -1.37. The van der Waals surface area contributed by atoms with Crippen molar-refractivity contribution in [2.75, 3.05) is 59.4 Å². The van der Waals surface area contributed by atoms with Crippen LogP contribution in [0.1, 0.15) is 67.8 Å². The number of halogens is 2. The number of ether oxygens (including phenoxy) is 2. The highest BCUT2D eigenvalue weighted by Gasteiger charge is 2.39. The molecule has 2 aromatic carbocycles. The third kappa shape index (κ3) is 9.80. The number of hydrogen-bond acceptors (Lipinski definition) is 6. The molecule has 6 unspecified atom stereocenters. The second kappa shape index (κ2) is 18.1. The topological polar surface area (TPSA) is 91.4 Å². The Balaban J connectivity index is 0.000000579. The van der Waals surface area contributed by atoms with Crippen LogP contribution in [0.5, 0.6) is 5.75 Å². The molecule has 1 saturated carbocycles. The van der Waals surface area contributed by atoms with Gasteiger partial charge in [-0.05, 0) is 78.5 Å². The second-order valence-corrected chi connectivity index (χ2v) is 14.8. The maximum Gasteiger partial charge on any atom is 0.225 e. The Morgan fingerprint density at radius 1 is 1.19 bits per heavy atom. The van der Waals surface area contributed by atoms with E-state index < -0.39 is 17.3 Å². The molecule has 6 atom stereocenters. The van der Waals surface area contributed by atoms with Gasteiger partial charge in [0, 0.05) is 58.8 Å². The van der Waals surface area contributed by atoms with Gasteiger partial charge in [-0.15, -0.1) is 0 Å². The molecule has 2 bridgehead atoms. The van der Waals surface area contributed by atoms with E-state index in [0.29, 0.717) is 37.0 Å². The first-order valence-electron chi connectivity index (χ1n) is 16.7. The van der Waals surface area contributed by atoms with E-state index in [1.54, 1.807) is 39.2 Å². The van der Waals surface area contributed by atoms with Crippen LogP contribution in [-0.2, 0) is 31.9 Å². The van der Waals surface area contributed by atoms with Gasteiger partial charge in [-0.1, -0.05) is 49.2 Å². The van der Waals surface area contributed by atoms with Gasteiger partial charge in [0.05, 0.1) is 24.8 Å². The van der Waals surface area contributed by atoms with Crippen molar-refractivity contribution in [3.05, 3.63) is 70.3 Å². The lowest BCUT2D eigenvalue weighted by Crippen LogP contribution is -2.44. The Hall–Kier alpha value is -2.99. The molecule has 48 heavy (non-hydrogen) atoms. The van der Waals surface area contributed by atoms with Gasteiger partial charge in [-0.25, -0.2) is 12.9 Å². The van der Waals surface area contributed by atoms with Crippen molar-refractivity contribution >= 4 is 40.8 Å². The highest BCUT2D eigenvalue weighted by atomic mass is 35.5. The van der Waals surface area contributed by atoms with Gasteiger partial charge in [0.1, 0.15) is 11.9 Å². The van der Waals surface area contributed by atoms with Crippen molar-refractivity contribution < 1.29 is 27.7 Å². The van der Waals surface area contributed by atoms with Crippen molar-refractivity contribution in [2.24, 2.45) is 11.8 Å². The van der Waals surface area contributed by atoms with Crippen LogP contribution in [-0.4, -0.2) is 86.3 Å². The highest BCUT2D eigenvalue weighted by Crippen LogP contribution is 2.44. The van der Waals surface area contributed by atoms with Gasteiger partial charge >= 0.3 is 0 Å². The number of nitrogens with zero attached hydrogens (tertiary/aromatic N) is 3. The van der Waals surface area contributed by atoms with Gasteiger partial charge in [0.15, 0.2) is 11.2 Å². The lowest BCUT2D eigenvalue weighted by molar-refractivity contribution is -0.131. The smallest absolute Gasteiger partial charge is 0.225 e. The molecule has 1 aliphatic carbocycles. The van der Waals surface area contributed by atoms with Crippen molar-refractivity contribution in [2.45, 2.75) is 63.6 Å². The summed E-state index contributed by atoms with van der Waals surface area (Å²) in [5.74, 6) is 1.61. The molecule has 264 valence electrons. The molecule has 0 radical (unpaired) electrons. The normalized spacial score (nSPS) is 25.8. The fourth-order valence-electron chi connectivity index (χ4n) is 6.66. The third-order valence-corrected chi connectivity index (χ3v) is 10.7. The highest BCUT2D eigenvalue weighted by molar-refractivity contribution is 7.81. The summed E-state index contributed by atoms with van der Waals surface area (Å²) in [6.45, 7) is 4.91. The SMILES string of the molecule is CCCc1cc(Cl)ccc1C1COc2ccc3cc2N(C1)CC1CCC1C(OC)/C=C/CCN(C)C(=O)CC3F.CN(C)S(=O)NC=O. The Bertz CT molecular complexity index is 1450. The maximum atomic E-state index is 15.5. The molecule has 0 aromatic heterocycles. The minimum Gasteiger partial charge on any atom is -0.491 e. The summed E-state index contributed by atoms with van der Waals surface area (Å²) < 4.78 is 41.8. The quantitative estimate of drug-likeness (QED) is 0.281. The van der Waals surface area contributed by atoms with E-state index in [-0.39, 0.29) is 24.3 Å². The summed E-state index contributed by atoms with van der Waals surface area (Å²) in [7, 11) is 6.74. The van der Waals surface area contributed by atoms with Crippen molar-refractivity contribution in [1.29, 1.82) is 0 Å². The van der Waals surface area contributed by atoms with Crippen molar-refractivity contribution in [3.8, 4) is 5.75 Å². The van der Waals surface area contributed by atoms with Crippen molar-refractivity contribution in [1.82, 2.24) is 13.9 Å². The number of anilines is 1. The zero-order valence-corrected chi connectivity index (χ0v) is 30.3. The second-order valence-electron chi connectivity index (χ2n) is 12.9. The van der Waals surface area contributed by atoms with Crippen LogP contribution < -0.4 is 14.4 Å². The Kier molecular flexibility index (Phi) is 14.3. The number of hydrogen-bond donors (Lipinski definition) is 1. The number of alkyl halides is 1. The number of carbonyl (C=O) groups excluding carboxylic acids is 2. The average molecular weight is 705 g/mol. The van der Waals surface area contributed by atoms with Crippen LogP contribution in [0.3, 0.4) is 0 Å². The lowest BCUT2D eigenvalue weighted by Gasteiger charge is -2.43. The molecule has 2 heterocycles. The number of aryl methyl sites for hydroxylation is 1. The number of fused-ring (bicyclic) bond motifs is 2. The molecule has 2 aliphatic heterocycles. The molecule has 12 heteroatoms. The van der Waals surface area contributed by atoms with E-state index in [9.17, 15) is 13.8 Å². The lowest BCUT2D eigenvalue weighted by atomic mass is 9.70. The molecule has 5 rings (SSSR count). The number of rotatable bonds is 7. The van der Waals surface area contributed by atoms with E-state index in [2.05, 4.69) is 40.8 Å². The molecule has 3 aliphatic rings. The molecular formula is C36H50ClFN4O5S. The molecule has 2 aromatic rings. The Labute approximate surface area is 292 Å². The number of amides is 2. The van der Waals surface area contributed by atoms with Gasteiger partial charge in [0.2, 0.25) is 12.3 Å². The molecule has 1 N–H and O–H groups in total. The van der Waals surface area contributed by atoms with Gasteiger partial charge in [-0.2, -0.15) is 0 Å². The van der Waals surface area contributed by atoms with E-state index in [1.165, 1.54) is 15.4 Å². The van der Waals surface area contributed by atoms with Gasteiger partial charge in [0.25, 0.3) is 0 Å². The molecule has 1 fully saturated rings. The van der Waals surface area contributed by atoms with E-state index in [4.69, 9.17) is 21.1 Å². The molecule has 9 nitrogen and oxygen atoms in total. The summed E-state index contributed by atoms with van der Waals surface area (Å²) >= 11 is 5.03. The predicted octanol–water partition coefficient (Wildman–Crippen LogP) is 6.01. The molecule has 2 amide bonds. The fourth-order valence-corrected chi connectivity index (χ4v) is 7.14. The van der Waals surface area contributed by atoms with E-state index in [0.717, 1.165) is 61.7 Å². The van der Waals surface area contributed by atoms with E-state index >= 15 is 4.39 Å². The third-order valence-electron chi connectivity index (χ3n) is 9.47. The zero-order valence-electron chi connectivity index (χ0n) is 28.7. The van der Waals surface area contributed by atoms with E-state index in [1.807, 2.05) is 18.2 Å². The van der Waals surface area contributed by atoms with Gasteiger partial charge < -0.3 is 19.3 Å². The monoisotopic (exact) mass is 704 g/mol. The summed E-state index contributed by atoms with van der Waals surface area (Å²) in [5.41, 5.74) is 3.97. The minimum absolute atomic E-state index is 0.0418. The van der Waals surface area contributed by atoms with Crippen LogP contribution in [0.4, 0.5) is 10.1 Å². The zero-order chi connectivity index (χ0) is 34.8. The first-order valence-corrected chi connectivity index (χ1v) is 18.2. The molecule has 0 saturated heterocycles. The standard InChI is InChI=1S/C33H42ClFN2O3.C3H8N2O2S/c1-4-7-22-16-26(34)11-13-27(22)25-20-37-19-24-9-12-28(24)31(39-3)8-5-6-15-36(2)33(38)18-29(35)23-10-14-32(40-21-25)30(37)17-23;1-5(2)8(7)4-3-6/h5,8,10-11,13-14,16-17,24-25,28-29,31H,4,6-7,9,12,15,18-21H2,1-3H3;3H,1-2H3,(H,4,6)/b8-5+;. The number of nitrogens with one attached hydrogen (secondary N) is 1. The maximum absolute atomic E-state index is 15.5. The molecule has 0 spiro atoms. The first kappa shape index (κ1) is 37.8. The Morgan fingerprint density at radius 2 is 1.98 bits per heavy atom. The van der Waals surface area contributed by atoms with Crippen LogP contribution in [0.2, 0.25) is 5.02 Å². The summed E-state index contributed by atoms with van der Waals surface area (Å²) in [4.78, 5) is 26.4. The van der Waals surface area contributed by atoms with Crippen molar-refractivity contribution in [3.63, 3.8) is 0 Å². The fraction of sp³-hybridized carbons (Fsp3) is 0.556. The van der Waals surface area contributed by atoms with Crippen LogP contribution >= 0.6 is 11.6 Å². The number of methoxy groups -OCH3 is 1. The summed E-state index contributed by atoms with van der Waals surface area (Å²) in [5, 5.41) is 0.754.